The van der Waals surface area contributed by atoms with E-state index >= 15 is 0 Å². The molecule has 2 rings (SSSR count). The first kappa shape index (κ1) is 15.4. The first-order valence-electron chi connectivity index (χ1n) is 7.32. The fourth-order valence-electron chi connectivity index (χ4n) is 3.02. The molecular weight excluding hydrogens is 263 g/mol. The Bertz CT molecular complexity index is 394. The second-order valence-electron chi connectivity index (χ2n) is 5.85. The van der Waals surface area contributed by atoms with Crippen LogP contribution < -0.4 is 5.32 Å². The van der Waals surface area contributed by atoms with Crippen LogP contribution in [-0.2, 0) is 6.42 Å². The minimum Gasteiger partial charge on any atom is -0.311 e. The molecule has 0 saturated heterocycles. The smallest absolute Gasteiger partial charge is 0.311 e. The summed E-state index contributed by atoms with van der Waals surface area (Å²) in [5, 5.41) is 3.47. The molecule has 0 heterocycles. The molecule has 1 saturated carbocycles. The normalized spacial score (nSPS) is 25.4. The van der Waals surface area contributed by atoms with Gasteiger partial charge in [-0.25, -0.2) is 0 Å². The van der Waals surface area contributed by atoms with Crippen LogP contribution in [0.5, 0.6) is 0 Å². The van der Waals surface area contributed by atoms with Gasteiger partial charge in [-0.05, 0) is 44.6 Å². The van der Waals surface area contributed by atoms with E-state index in [0.29, 0.717) is 18.9 Å². The van der Waals surface area contributed by atoms with Gasteiger partial charge in [0.05, 0.1) is 5.92 Å². The van der Waals surface area contributed by atoms with Crippen molar-refractivity contribution < 1.29 is 13.2 Å². The summed E-state index contributed by atoms with van der Waals surface area (Å²) in [4.78, 5) is 0. The third-order valence-corrected chi connectivity index (χ3v) is 4.10. The number of halogens is 3. The van der Waals surface area contributed by atoms with Crippen molar-refractivity contribution in [3.63, 3.8) is 0 Å². The van der Waals surface area contributed by atoms with Crippen LogP contribution >= 0.6 is 0 Å². The van der Waals surface area contributed by atoms with Crippen molar-refractivity contribution in [1.29, 1.82) is 0 Å². The molecule has 1 atom stereocenters. The molecule has 1 aromatic carbocycles. The van der Waals surface area contributed by atoms with Gasteiger partial charge >= 0.3 is 6.18 Å². The Kier molecular flexibility index (Phi) is 5.08. The Morgan fingerprint density at radius 2 is 1.70 bits per heavy atom. The lowest BCUT2D eigenvalue weighted by molar-refractivity contribution is -0.182. The maximum absolute atomic E-state index is 12.6. The second-order valence-corrected chi connectivity index (χ2v) is 5.85. The summed E-state index contributed by atoms with van der Waals surface area (Å²) in [6.45, 7) is 2.10. The summed E-state index contributed by atoms with van der Waals surface area (Å²) in [5.41, 5.74) is 1.26. The van der Waals surface area contributed by atoms with Crippen molar-refractivity contribution in [2.75, 3.05) is 0 Å². The number of alkyl halides is 3. The van der Waals surface area contributed by atoms with Crippen LogP contribution in [0.4, 0.5) is 13.2 Å². The quantitative estimate of drug-likeness (QED) is 0.868. The van der Waals surface area contributed by atoms with Crippen molar-refractivity contribution in [2.24, 2.45) is 5.92 Å². The lowest BCUT2D eigenvalue weighted by Gasteiger charge is -2.32. The molecule has 112 valence electrons. The van der Waals surface area contributed by atoms with Crippen LogP contribution in [0.15, 0.2) is 30.3 Å². The van der Waals surface area contributed by atoms with E-state index in [2.05, 4.69) is 24.4 Å². The van der Waals surface area contributed by atoms with E-state index in [1.165, 1.54) is 5.56 Å². The molecule has 1 aromatic rings. The van der Waals surface area contributed by atoms with Crippen LogP contribution in [0.1, 0.15) is 38.2 Å². The summed E-state index contributed by atoms with van der Waals surface area (Å²) in [7, 11) is 0. The Balaban J connectivity index is 1.75. The second kappa shape index (κ2) is 6.61. The van der Waals surface area contributed by atoms with Gasteiger partial charge in [0, 0.05) is 12.1 Å². The number of rotatable bonds is 4. The topological polar surface area (TPSA) is 12.0 Å². The van der Waals surface area contributed by atoms with E-state index < -0.39 is 12.1 Å². The van der Waals surface area contributed by atoms with Crippen molar-refractivity contribution in [2.45, 2.75) is 57.3 Å². The highest BCUT2D eigenvalue weighted by Gasteiger charge is 2.41. The molecule has 1 aliphatic rings. The predicted octanol–water partition coefficient (Wildman–Crippen LogP) is 4.33. The lowest BCUT2D eigenvalue weighted by Crippen LogP contribution is -2.41. The number of nitrogens with one attached hydrogen (secondary N) is 1. The zero-order valence-corrected chi connectivity index (χ0v) is 11.8. The van der Waals surface area contributed by atoms with Gasteiger partial charge < -0.3 is 5.32 Å². The summed E-state index contributed by atoms with van der Waals surface area (Å²) in [5.74, 6) is -1.09. The van der Waals surface area contributed by atoms with E-state index in [1.54, 1.807) is 0 Å². The van der Waals surface area contributed by atoms with Crippen molar-refractivity contribution in [3.8, 4) is 0 Å². The van der Waals surface area contributed by atoms with E-state index in [0.717, 1.165) is 6.42 Å². The van der Waals surface area contributed by atoms with Crippen LogP contribution in [0, 0.1) is 5.92 Å². The van der Waals surface area contributed by atoms with E-state index in [1.807, 2.05) is 18.2 Å². The monoisotopic (exact) mass is 285 g/mol. The van der Waals surface area contributed by atoms with Gasteiger partial charge in [0.15, 0.2) is 0 Å². The van der Waals surface area contributed by atoms with Crippen molar-refractivity contribution >= 4 is 0 Å². The average Bonchev–Trinajstić information content (AvgIpc) is 2.39. The lowest BCUT2D eigenvalue weighted by atomic mass is 9.85. The number of hydrogen-bond acceptors (Lipinski definition) is 1. The molecular formula is C16H22F3N. The molecule has 0 aliphatic heterocycles. The zero-order valence-electron chi connectivity index (χ0n) is 11.8. The highest BCUT2D eigenvalue weighted by molar-refractivity contribution is 5.15. The molecule has 0 bridgehead atoms. The summed E-state index contributed by atoms with van der Waals surface area (Å²) < 4.78 is 37.8. The molecule has 1 fully saturated rings. The first-order valence-corrected chi connectivity index (χ1v) is 7.32. The molecule has 1 aliphatic carbocycles. The molecule has 0 radical (unpaired) electrons. The van der Waals surface area contributed by atoms with Crippen LogP contribution in [-0.4, -0.2) is 18.3 Å². The highest BCUT2D eigenvalue weighted by atomic mass is 19.4. The predicted molar refractivity (Wildman–Crippen MR) is 74.5 cm³/mol. The molecule has 20 heavy (non-hydrogen) atoms. The Hall–Kier alpha value is -1.03. The first-order chi connectivity index (χ1) is 9.45. The van der Waals surface area contributed by atoms with Crippen LogP contribution in [0.3, 0.4) is 0 Å². The average molecular weight is 285 g/mol. The van der Waals surface area contributed by atoms with Gasteiger partial charge in [0.25, 0.3) is 0 Å². The molecule has 0 aromatic heterocycles. The van der Waals surface area contributed by atoms with E-state index in [-0.39, 0.29) is 18.9 Å². The summed E-state index contributed by atoms with van der Waals surface area (Å²) in [6, 6.07) is 10.7. The summed E-state index contributed by atoms with van der Waals surface area (Å²) >= 11 is 0. The van der Waals surface area contributed by atoms with Crippen LogP contribution in [0.2, 0.25) is 0 Å². The third kappa shape index (κ3) is 4.51. The fourth-order valence-corrected chi connectivity index (χ4v) is 3.02. The fraction of sp³-hybridized carbons (Fsp3) is 0.625. The molecule has 1 unspecified atom stereocenters. The molecule has 1 N–H and O–H groups in total. The zero-order chi connectivity index (χ0) is 14.6. The van der Waals surface area contributed by atoms with Gasteiger partial charge in [-0.3, -0.25) is 0 Å². The number of benzene rings is 1. The maximum atomic E-state index is 12.6. The Morgan fingerprint density at radius 3 is 2.25 bits per heavy atom. The highest BCUT2D eigenvalue weighted by Crippen LogP contribution is 2.37. The molecule has 1 nitrogen and oxygen atoms in total. The van der Waals surface area contributed by atoms with Gasteiger partial charge in [-0.2, -0.15) is 13.2 Å². The van der Waals surface area contributed by atoms with Gasteiger partial charge in [0.2, 0.25) is 0 Å². The van der Waals surface area contributed by atoms with Crippen molar-refractivity contribution in [1.82, 2.24) is 5.32 Å². The van der Waals surface area contributed by atoms with E-state index in [4.69, 9.17) is 0 Å². The van der Waals surface area contributed by atoms with Crippen LogP contribution in [0.25, 0.3) is 0 Å². The minimum absolute atomic E-state index is 0.229. The molecule has 0 amide bonds. The largest absolute Gasteiger partial charge is 0.391 e. The standard InChI is InChI=1S/C16H22F3N/c1-12(11-13-5-3-2-4-6-13)20-15-9-7-14(8-10-15)16(17,18)19/h2-6,12,14-15,20H,7-11H2,1H3. The Morgan fingerprint density at radius 1 is 1.10 bits per heavy atom. The summed E-state index contributed by atoms with van der Waals surface area (Å²) in [6.07, 6.45) is -1.31. The van der Waals surface area contributed by atoms with Gasteiger partial charge in [0.1, 0.15) is 0 Å². The van der Waals surface area contributed by atoms with Crippen molar-refractivity contribution in [3.05, 3.63) is 35.9 Å². The maximum Gasteiger partial charge on any atom is 0.391 e. The minimum atomic E-state index is -4.01. The van der Waals surface area contributed by atoms with Gasteiger partial charge in [-0.15, -0.1) is 0 Å². The van der Waals surface area contributed by atoms with Gasteiger partial charge in [-0.1, -0.05) is 30.3 Å². The molecule has 0 spiro atoms. The SMILES string of the molecule is CC(Cc1ccccc1)NC1CCC(C(F)(F)F)CC1. The third-order valence-electron chi connectivity index (χ3n) is 4.10. The molecule has 4 heteroatoms. The number of hydrogen-bond donors (Lipinski definition) is 1. The van der Waals surface area contributed by atoms with E-state index in [9.17, 15) is 13.2 Å². The Labute approximate surface area is 118 Å².